The van der Waals surface area contributed by atoms with E-state index in [4.69, 9.17) is 5.11 Å². The molecule has 0 saturated heterocycles. The van der Waals surface area contributed by atoms with Gasteiger partial charge in [-0.25, -0.2) is 0 Å². The largest absolute Gasteiger partial charge is 0.481 e. The molecule has 0 radical (unpaired) electrons. The average Bonchev–Trinajstić information content (AvgIpc) is 3.11. The summed E-state index contributed by atoms with van der Waals surface area (Å²) in [4.78, 5) is 36.0. The van der Waals surface area contributed by atoms with Crippen molar-refractivity contribution in [3.05, 3.63) is 64.1 Å². The number of hydrogen-bond donors (Lipinski definition) is 2. The second-order valence-electron chi connectivity index (χ2n) is 6.87. The highest BCUT2D eigenvalue weighted by molar-refractivity contribution is 5.93. The molecule has 0 unspecified atom stereocenters. The lowest BCUT2D eigenvalue weighted by atomic mass is 10.0. The Morgan fingerprint density at radius 3 is 2.50 bits per heavy atom. The summed E-state index contributed by atoms with van der Waals surface area (Å²) in [5, 5.41) is 11.7. The van der Waals surface area contributed by atoms with Gasteiger partial charge in [0.2, 0.25) is 5.91 Å². The Labute approximate surface area is 151 Å². The van der Waals surface area contributed by atoms with Crippen LogP contribution >= 0.6 is 0 Å². The summed E-state index contributed by atoms with van der Waals surface area (Å²) in [6.45, 7) is 2.43. The molecule has 2 N–H and O–H groups in total. The van der Waals surface area contributed by atoms with E-state index in [1.807, 2.05) is 31.2 Å². The second kappa shape index (κ2) is 7.56. The zero-order valence-corrected chi connectivity index (χ0v) is 14.6. The monoisotopic (exact) mass is 354 g/mol. The van der Waals surface area contributed by atoms with Crippen LogP contribution in [0.3, 0.4) is 0 Å². The molecule has 6 heteroatoms. The Morgan fingerprint density at radius 1 is 1.15 bits per heavy atom. The van der Waals surface area contributed by atoms with Crippen molar-refractivity contribution in [3.8, 4) is 0 Å². The molecule has 1 aliphatic rings. The molecular weight excluding hydrogens is 332 g/mol. The molecule has 26 heavy (non-hydrogen) atoms. The average molecular weight is 354 g/mol. The lowest BCUT2D eigenvalue weighted by Gasteiger charge is -2.12. The summed E-state index contributed by atoms with van der Waals surface area (Å²) >= 11 is 0. The van der Waals surface area contributed by atoms with Crippen LogP contribution < -0.4 is 10.9 Å². The first-order valence-electron chi connectivity index (χ1n) is 8.72. The Hall–Kier alpha value is -2.89. The van der Waals surface area contributed by atoms with Crippen LogP contribution in [0.2, 0.25) is 0 Å². The first-order chi connectivity index (χ1) is 12.4. The number of carboxylic acid groups (broad SMARTS) is 1. The normalized spacial score (nSPS) is 19.3. The molecule has 1 saturated carbocycles. The fraction of sp³-hybridized carbons (Fsp3) is 0.350. The highest BCUT2D eigenvalue weighted by Crippen LogP contribution is 2.31. The molecule has 2 aromatic rings. The van der Waals surface area contributed by atoms with Crippen LogP contribution in [0.25, 0.3) is 0 Å². The maximum atomic E-state index is 12.6. The topological polar surface area (TPSA) is 88.4 Å². The van der Waals surface area contributed by atoms with Gasteiger partial charge in [-0.2, -0.15) is 0 Å². The number of anilines is 1. The number of aliphatic carboxylic acids is 1. The minimum atomic E-state index is -0.861. The molecule has 136 valence electrons. The summed E-state index contributed by atoms with van der Waals surface area (Å²) in [6.07, 6.45) is 3.05. The summed E-state index contributed by atoms with van der Waals surface area (Å²) in [6, 6.07) is 11.2. The van der Waals surface area contributed by atoms with E-state index in [1.165, 1.54) is 0 Å². The summed E-state index contributed by atoms with van der Waals surface area (Å²) < 4.78 is 1.55. The van der Waals surface area contributed by atoms with Gasteiger partial charge >= 0.3 is 5.97 Å². The van der Waals surface area contributed by atoms with E-state index in [9.17, 15) is 14.4 Å². The van der Waals surface area contributed by atoms with E-state index in [0.717, 1.165) is 11.1 Å². The van der Waals surface area contributed by atoms with Crippen molar-refractivity contribution >= 4 is 17.6 Å². The molecule has 1 aliphatic carbocycles. The molecule has 1 aromatic carbocycles. The first-order valence-corrected chi connectivity index (χ1v) is 8.72. The zero-order valence-electron chi connectivity index (χ0n) is 14.6. The van der Waals surface area contributed by atoms with Crippen LogP contribution in [-0.4, -0.2) is 21.6 Å². The van der Waals surface area contributed by atoms with Crippen molar-refractivity contribution in [2.24, 2.45) is 11.8 Å². The van der Waals surface area contributed by atoms with Gasteiger partial charge in [-0.15, -0.1) is 0 Å². The van der Waals surface area contributed by atoms with Crippen LogP contribution in [0, 0.1) is 18.8 Å². The molecule has 0 aliphatic heterocycles. The van der Waals surface area contributed by atoms with Crippen molar-refractivity contribution in [2.75, 3.05) is 5.32 Å². The summed E-state index contributed by atoms with van der Waals surface area (Å²) in [5.74, 6) is -1.97. The second-order valence-corrected chi connectivity index (χ2v) is 6.87. The first kappa shape index (κ1) is 17.9. The quantitative estimate of drug-likeness (QED) is 0.864. The number of aromatic nitrogens is 1. The van der Waals surface area contributed by atoms with E-state index in [1.54, 1.807) is 22.9 Å². The highest BCUT2D eigenvalue weighted by Gasteiger charge is 2.34. The van der Waals surface area contributed by atoms with Gasteiger partial charge in [-0.1, -0.05) is 29.8 Å². The smallest absolute Gasteiger partial charge is 0.306 e. The standard InChI is InChI=1S/C20H22N2O4/c1-13-4-6-14(7-5-13)12-22-10-2-3-17(19(22)24)21-18(23)15-8-9-16(11-15)20(25)26/h2-7,10,15-16H,8-9,11-12H2,1H3,(H,21,23)(H,25,26)/t15-,16+/m1/s1. The van der Waals surface area contributed by atoms with Gasteiger partial charge in [0.15, 0.2) is 0 Å². The molecule has 0 bridgehead atoms. The van der Waals surface area contributed by atoms with Gasteiger partial charge in [0.25, 0.3) is 5.56 Å². The van der Waals surface area contributed by atoms with E-state index in [-0.39, 0.29) is 23.1 Å². The van der Waals surface area contributed by atoms with E-state index >= 15 is 0 Å². The molecule has 0 spiro atoms. The predicted molar refractivity (Wildman–Crippen MR) is 98.1 cm³/mol. The molecule has 2 atom stereocenters. The van der Waals surface area contributed by atoms with E-state index < -0.39 is 11.9 Å². The minimum absolute atomic E-state index is 0.225. The maximum absolute atomic E-state index is 12.6. The Balaban J connectivity index is 1.71. The number of nitrogens with zero attached hydrogens (tertiary/aromatic N) is 1. The number of benzene rings is 1. The number of amides is 1. The molecule has 1 amide bonds. The van der Waals surface area contributed by atoms with E-state index in [0.29, 0.717) is 25.8 Å². The molecule has 1 fully saturated rings. The summed E-state index contributed by atoms with van der Waals surface area (Å²) in [7, 11) is 0. The number of carbonyl (C=O) groups excluding carboxylic acids is 1. The van der Waals surface area contributed by atoms with Gasteiger partial charge in [0.1, 0.15) is 5.69 Å². The Kier molecular flexibility index (Phi) is 5.21. The molecule has 1 heterocycles. The Morgan fingerprint density at radius 2 is 1.85 bits per heavy atom. The number of carbonyl (C=O) groups is 2. The Bertz CT molecular complexity index is 870. The predicted octanol–water partition coefficient (Wildman–Crippen LogP) is 2.64. The zero-order chi connectivity index (χ0) is 18.7. The minimum Gasteiger partial charge on any atom is -0.481 e. The van der Waals surface area contributed by atoms with Gasteiger partial charge < -0.3 is 15.0 Å². The van der Waals surface area contributed by atoms with Gasteiger partial charge in [0.05, 0.1) is 12.5 Å². The molecule has 6 nitrogen and oxygen atoms in total. The molecule has 3 rings (SSSR count). The molecule has 1 aromatic heterocycles. The van der Waals surface area contributed by atoms with Crippen molar-refractivity contribution in [1.29, 1.82) is 0 Å². The summed E-state index contributed by atoms with van der Waals surface area (Å²) in [5.41, 5.74) is 2.11. The SMILES string of the molecule is Cc1ccc(Cn2cccc(NC(=O)[C@@H]3CC[C@H](C(=O)O)C3)c2=O)cc1. The van der Waals surface area contributed by atoms with Crippen LogP contribution in [-0.2, 0) is 16.1 Å². The third-order valence-electron chi connectivity index (χ3n) is 4.90. The molecular formula is C20H22N2O4. The fourth-order valence-electron chi connectivity index (χ4n) is 3.33. The lowest BCUT2D eigenvalue weighted by Crippen LogP contribution is -2.28. The van der Waals surface area contributed by atoms with E-state index in [2.05, 4.69) is 5.32 Å². The van der Waals surface area contributed by atoms with Crippen LogP contribution in [0.15, 0.2) is 47.4 Å². The van der Waals surface area contributed by atoms with Crippen molar-refractivity contribution in [1.82, 2.24) is 4.57 Å². The van der Waals surface area contributed by atoms with Gasteiger partial charge in [-0.3, -0.25) is 14.4 Å². The maximum Gasteiger partial charge on any atom is 0.306 e. The van der Waals surface area contributed by atoms with Crippen LogP contribution in [0.4, 0.5) is 5.69 Å². The lowest BCUT2D eigenvalue weighted by molar-refractivity contribution is -0.141. The van der Waals surface area contributed by atoms with Crippen molar-refractivity contribution in [3.63, 3.8) is 0 Å². The third-order valence-corrected chi connectivity index (χ3v) is 4.90. The third kappa shape index (κ3) is 4.02. The number of aryl methyl sites for hydroxylation is 1. The number of carboxylic acids is 1. The fourth-order valence-corrected chi connectivity index (χ4v) is 3.33. The van der Waals surface area contributed by atoms with Crippen LogP contribution in [0.1, 0.15) is 30.4 Å². The number of rotatable bonds is 5. The number of hydrogen-bond acceptors (Lipinski definition) is 3. The number of pyridine rings is 1. The highest BCUT2D eigenvalue weighted by atomic mass is 16.4. The number of nitrogens with one attached hydrogen (secondary N) is 1. The van der Waals surface area contributed by atoms with Gasteiger partial charge in [0, 0.05) is 12.1 Å². The van der Waals surface area contributed by atoms with Crippen molar-refractivity contribution in [2.45, 2.75) is 32.7 Å². The van der Waals surface area contributed by atoms with Gasteiger partial charge in [-0.05, 0) is 43.9 Å². The van der Waals surface area contributed by atoms with Crippen LogP contribution in [0.5, 0.6) is 0 Å². The van der Waals surface area contributed by atoms with Crippen molar-refractivity contribution < 1.29 is 14.7 Å².